The molecule has 0 saturated heterocycles. The Kier molecular flexibility index (Phi) is 5.63. The zero-order chi connectivity index (χ0) is 21.3. The first kappa shape index (κ1) is 20.2. The molecule has 0 amide bonds. The molecule has 2 heterocycles. The van der Waals surface area contributed by atoms with Gasteiger partial charge in [-0.05, 0) is 44.0 Å². The molecule has 0 radical (unpaired) electrons. The number of ether oxygens (including phenoxy) is 1. The molecule has 0 atom stereocenters. The molecule has 0 aliphatic rings. The van der Waals surface area contributed by atoms with E-state index in [-0.39, 0.29) is 5.43 Å². The fourth-order valence-electron chi connectivity index (χ4n) is 3.32. The molecule has 0 spiro atoms. The average molecular weight is 421 g/mol. The third-order valence-electron chi connectivity index (χ3n) is 5.13. The summed E-state index contributed by atoms with van der Waals surface area (Å²) in [6.45, 7) is 6.36. The van der Waals surface area contributed by atoms with E-state index in [4.69, 9.17) is 4.74 Å². The normalized spacial score (nSPS) is 11.2. The summed E-state index contributed by atoms with van der Waals surface area (Å²) in [5.41, 5.74) is 5.06. The number of hydrogen-bond acceptors (Lipinski definition) is 5. The molecule has 4 aromatic rings. The molecule has 30 heavy (non-hydrogen) atoms. The van der Waals surface area contributed by atoms with Gasteiger partial charge in [-0.15, -0.1) is 10.2 Å². The van der Waals surface area contributed by atoms with E-state index in [2.05, 4.69) is 15.2 Å². The first-order chi connectivity index (χ1) is 14.4. The summed E-state index contributed by atoms with van der Waals surface area (Å²) in [4.78, 5) is 16.0. The molecular weight excluding hydrogens is 396 g/mol. The maximum atomic E-state index is 12.6. The highest BCUT2D eigenvalue weighted by atomic mass is 32.2. The van der Waals surface area contributed by atoms with Gasteiger partial charge in [0.1, 0.15) is 12.4 Å². The number of nitrogens with one attached hydrogen (secondary N) is 1. The van der Waals surface area contributed by atoms with E-state index >= 15 is 0 Å². The Morgan fingerprint density at radius 2 is 1.77 bits per heavy atom. The number of hydrogen-bond donors (Lipinski definition) is 1. The van der Waals surface area contributed by atoms with Crippen LogP contribution in [0, 0.1) is 20.8 Å². The van der Waals surface area contributed by atoms with Crippen LogP contribution in [0.2, 0.25) is 0 Å². The zero-order valence-corrected chi connectivity index (χ0v) is 18.3. The van der Waals surface area contributed by atoms with Gasteiger partial charge in [0, 0.05) is 29.9 Å². The first-order valence-electron chi connectivity index (χ1n) is 9.75. The lowest BCUT2D eigenvalue weighted by molar-refractivity contribution is 0.290. The van der Waals surface area contributed by atoms with E-state index in [1.807, 2.05) is 68.8 Å². The van der Waals surface area contributed by atoms with Gasteiger partial charge in [0.2, 0.25) is 0 Å². The molecule has 6 nitrogen and oxygen atoms in total. The van der Waals surface area contributed by atoms with Crippen molar-refractivity contribution in [2.45, 2.75) is 38.3 Å². The Morgan fingerprint density at radius 1 is 1.03 bits per heavy atom. The molecule has 0 bridgehead atoms. The van der Waals surface area contributed by atoms with Crippen LogP contribution in [0.3, 0.4) is 0 Å². The molecule has 1 N–H and O–H groups in total. The molecule has 2 aromatic carbocycles. The Morgan fingerprint density at radius 3 is 2.53 bits per heavy atom. The lowest BCUT2D eigenvalue weighted by atomic mass is 10.0. The molecule has 2 aromatic heterocycles. The fraction of sp³-hybridized carbons (Fsp3) is 0.261. The van der Waals surface area contributed by atoms with Crippen molar-refractivity contribution in [3.05, 3.63) is 80.9 Å². The fourth-order valence-corrected chi connectivity index (χ4v) is 4.15. The van der Waals surface area contributed by atoms with Crippen molar-refractivity contribution >= 4 is 22.7 Å². The van der Waals surface area contributed by atoms with E-state index in [9.17, 15) is 4.79 Å². The Labute approximate surface area is 179 Å². The predicted octanol–water partition coefficient (Wildman–Crippen LogP) is 4.45. The molecule has 7 heteroatoms. The minimum atomic E-state index is 0.0469. The topological polar surface area (TPSA) is 72.8 Å². The summed E-state index contributed by atoms with van der Waals surface area (Å²) in [6, 6.07) is 13.6. The van der Waals surface area contributed by atoms with Crippen molar-refractivity contribution in [3.63, 3.8) is 0 Å². The number of fused-ring (bicyclic) bond motifs is 1. The predicted molar refractivity (Wildman–Crippen MR) is 120 cm³/mol. The molecule has 0 aliphatic heterocycles. The lowest BCUT2D eigenvalue weighted by Gasteiger charge is -2.09. The van der Waals surface area contributed by atoms with Crippen molar-refractivity contribution in [1.29, 1.82) is 0 Å². The van der Waals surface area contributed by atoms with Gasteiger partial charge >= 0.3 is 0 Å². The maximum Gasteiger partial charge on any atom is 0.191 e. The minimum Gasteiger partial charge on any atom is -0.486 e. The van der Waals surface area contributed by atoms with E-state index in [0.29, 0.717) is 12.4 Å². The third kappa shape index (κ3) is 4.11. The van der Waals surface area contributed by atoms with E-state index in [0.717, 1.165) is 44.5 Å². The summed E-state index contributed by atoms with van der Waals surface area (Å²) < 4.78 is 7.74. The minimum absolute atomic E-state index is 0.0469. The summed E-state index contributed by atoms with van der Waals surface area (Å²) in [5, 5.41) is 10.1. The van der Waals surface area contributed by atoms with Gasteiger partial charge in [-0.2, -0.15) is 0 Å². The quantitative estimate of drug-likeness (QED) is 0.467. The highest BCUT2D eigenvalue weighted by Crippen LogP contribution is 2.23. The van der Waals surface area contributed by atoms with Gasteiger partial charge < -0.3 is 14.3 Å². The van der Waals surface area contributed by atoms with Crippen LogP contribution in [-0.2, 0) is 19.4 Å². The number of H-pyrrole nitrogens is 1. The van der Waals surface area contributed by atoms with Crippen LogP contribution in [-0.4, -0.2) is 19.7 Å². The number of pyridine rings is 1. The van der Waals surface area contributed by atoms with Gasteiger partial charge in [-0.1, -0.05) is 41.6 Å². The van der Waals surface area contributed by atoms with E-state index in [1.165, 1.54) is 17.3 Å². The van der Waals surface area contributed by atoms with Crippen molar-refractivity contribution in [1.82, 2.24) is 19.7 Å². The summed E-state index contributed by atoms with van der Waals surface area (Å²) in [6.07, 6.45) is 0. The van der Waals surface area contributed by atoms with Crippen LogP contribution in [0.15, 0.2) is 52.4 Å². The molecule has 4 rings (SSSR count). The lowest BCUT2D eigenvalue weighted by Crippen LogP contribution is -2.07. The molecule has 0 fully saturated rings. The van der Waals surface area contributed by atoms with E-state index < -0.39 is 0 Å². The van der Waals surface area contributed by atoms with Crippen LogP contribution in [0.25, 0.3) is 10.9 Å². The molecule has 0 aliphatic carbocycles. The smallest absolute Gasteiger partial charge is 0.191 e. The highest BCUT2D eigenvalue weighted by Gasteiger charge is 2.12. The molecular formula is C23H24N4O2S. The number of thioether (sulfide) groups is 1. The second-order valence-corrected chi connectivity index (χ2v) is 8.40. The Balaban J connectivity index is 1.47. The standard InChI is InChI=1S/C23H24N4O2S/c1-14-5-9-18(10-6-14)29-12-20-25-26-23(27(20)4)30-13-17-11-19(28)21-15(2)7-8-16(3)22(21)24-17/h5-11H,12-13H2,1-4H3,(H,24,28). The van der Waals surface area contributed by atoms with Crippen LogP contribution < -0.4 is 10.2 Å². The van der Waals surface area contributed by atoms with Gasteiger partial charge in [0.15, 0.2) is 16.4 Å². The van der Waals surface area contributed by atoms with Gasteiger partial charge in [-0.25, -0.2) is 0 Å². The van der Waals surface area contributed by atoms with Crippen LogP contribution in [0.1, 0.15) is 28.2 Å². The van der Waals surface area contributed by atoms with Gasteiger partial charge in [-0.3, -0.25) is 4.79 Å². The summed E-state index contributed by atoms with van der Waals surface area (Å²) in [7, 11) is 1.92. The van der Waals surface area contributed by atoms with Crippen molar-refractivity contribution in [2.24, 2.45) is 7.05 Å². The van der Waals surface area contributed by atoms with Gasteiger partial charge in [0.05, 0.1) is 5.52 Å². The van der Waals surface area contributed by atoms with Crippen molar-refractivity contribution < 1.29 is 4.74 Å². The van der Waals surface area contributed by atoms with Crippen molar-refractivity contribution in [2.75, 3.05) is 0 Å². The molecule has 154 valence electrons. The molecule has 0 unspecified atom stereocenters. The van der Waals surface area contributed by atoms with Crippen LogP contribution in [0.5, 0.6) is 5.75 Å². The van der Waals surface area contributed by atoms with Crippen molar-refractivity contribution in [3.8, 4) is 5.75 Å². The van der Waals surface area contributed by atoms with Crippen LogP contribution in [0.4, 0.5) is 0 Å². The zero-order valence-electron chi connectivity index (χ0n) is 17.5. The Hall–Kier alpha value is -3.06. The largest absolute Gasteiger partial charge is 0.486 e. The highest BCUT2D eigenvalue weighted by molar-refractivity contribution is 7.98. The summed E-state index contributed by atoms with van der Waals surface area (Å²) in [5.74, 6) is 2.15. The number of nitrogens with zero attached hydrogens (tertiary/aromatic N) is 3. The third-order valence-corrected chi connectivity index (χ3v) is 6.20. The number of rotatable bonds is 6. The van der Waals surface area contributed by atoms with E-state index in [1.54, 1.807) is 6.07 Å². The monoisotopic (exact) mass is 420 g/mol. The summed E-state index contributed by atoms with van der Waals surface area (Å²) >= 11 is 1.54. The number of aromatic nitrogens is 4. The molecule has 0 saturated carbocycles. The second-order valence-electron chi connectivity index (χ2n) is 7.46. The van der Waals surface area contributed by atoms with Crippen LogP contribution >= 0.6 is 11.8 Å². The maximum absolute atomic E-state index is 12.6. The second kappa shape index (κ2) is 8.36. The first-order valence-corrected chi connectivity index (χ1v) is 10.7. The average Bonchev–Trinajstić information content (AvgIpc) is 3.08. The van der Waals surface area contributed by atoms with Gasteiger partial charge in [0.25, 0.3) is 0 Å². The number of aryl methyl sites for hydroxylation is 3. The Bertz CT molecular complexity index is 1260. The number of aromatic amines is 1. The number of benzene rings is 2. The SMILES string of the molecule is Cc1ccc(OCc2nnc(SCc3cc(=O)c4c(C)ccc(C)c4[nH]3)n2C)cc1.